The summed E-state index contributed by atoms with van der Waals surface area (Å²) in [7, 11) is 3.21. The number of hydrogen-bond donors (Lipinski definition) is 1. The molecule has 0 atom stereocenters. The third-order valence-corrected chi connectivity index (χ3v) is 4.34. The lowest BCUT2D eigenvalue weighted by Gasteiger charge is -2.06. The average molecular weight is 374 g/mol. The minimum Gasteiger partial charge on any atom is -0.497 e. The SMILES string of the molecule is COc1ccc(C(=O)Nc2ccc3nc(-c4ccc(OC)cc4)oc3c2)cc1. The lowest BCUT2D eigenvalue weighted by molar-refractivity contribution is 0.102. The highest BCUT2D eigenvalue weighted by Crippen LogP contribution is 2.27. The van der Waals surface area contributed by atoms with E-state index >= 15 is 0 Å². The molecule has 6 heteroatoms. The third-order valence-electron chi connectivity index (χ3n) is 4.34. The maximum atomic E-state index is 12.4. The number of oxazole rings is 1. The number of benzene rings is 3. The van der Waals surface area contributed by atoms with Crippen molar-refractivity contribution < 1.29 is 18.7 Å². The fourth-order valence-electron chi connectivity index (χ4n) is 2.81. The van der Waals surface area contributed by atoms with Crippen molar-refractivity contribution in [1.82, 2.24) is 4.98 Å². The highest BCUT2D eigenvalue weighted by molar-refractivity contribution is 6.05. The Hall–Kier alpha value is -3.80. The Morgan fingerprint density at radius 3 is 2.18 bits per heavy atom. The van der Waals surface area contributed by atoms with Crippen LogP contribution in [0.4, 0.5) is 5.69 Å². The predicted octanol–water partition coefficient (Wildman–Crippen LogP) is 4.76. The van der Waals surface area contributed by atoms with Gasteiger partial charge >= 0.3 is 0 Å². The summed E-state index contributed by atoms with van der Waals surface area (Å²) < 4.78 is 16.1. The fraction of sp³-hybridized carbons (Fsp3) is 0.0909. The van der Waals surface area contributed by atoms with Gasteiger partial charge < -0.3 is 19.2 Å². The van der Waals surface area contributed by atoms with Crippen LogP contribution in [0.3, 0.4) is 0 Å². The molecular weight excluding hydrogens is 356 g/mol. The van der Waals surface area contributed by atoms with E-state index in [1.165, 1.54) is 0 Å². The molecule has 0 aliphatic carbocycles. The zero-order chi connectivity index (χ0) is 19.5. The fourth-order valence-corrected chi connectivity index (χ4v) is 2.81. The van der Waals surface area contributed by atoms with Gasteiger partial charge in [0, 0.05) is 22.9 Å². The first-order chi connectivity index (χ1) is 13.7. The number of methoxy groups -OCH3 is 2. The molecule has 0 unspecified atom stereocenters. The normalized spacial score (nSPS) is 10.6. The number of aromatic nitrogens is 1. The molecular formula is C22H18N2O4. The van der Waals surface area contributed by atoms with E-state index in [2.05, 4.69) is 10.3 Å². The summed E-state index contributed by atoms with van der Waals surface area (Å²) in [5.74, 6) is 1.77. The van der Waals surface area contributed by atoms with Gasteiger partial charge in [0.25, 0.3) is 5.91 Å². The van der Waals surface area contributed by atoms with E-state index in [9.17, 15) is 4.79 Å². The van der Waals surface area contributed by atoms with Crippen molar-refractivity contribution in [3.05, 3.63) is 72.3 Å². The summed E-state index contributed by atoms with van der Waals surface area (Å²) in [4.78, 5) is 16.9. The van der Waals surface area contributed by atoms with E-state index in [0.29, 0.717) is 34.0 Å². The summed E-state index contributed by atoms with van der Waals surface area (Å²) >= 11 is 0. The number of hydrogen-bond acceptors (Lipinski definition) is 5. The molecule has 1 N–H and O–H groups in total. The molecule has 0 spiro atoms. The molecule has 0 fully saturated rings. The van der Waals surface area contributed by atoms with Crippen molar-refractivity contribution in [2.24, 2.45) is 0 Å². The third kappa shape index (κ3) is 3.53. The quantitative estimate of drug-likeness (QED) is 0.545. The van der Waals surface area contributed by atoms with E-state index in [-0.39, 0.29) is 5.91 Å². The number of ether oxygens (including phenoxy) is 2. The summed E-state index contributed by atoms with van der Waals surface area (Å²) in [5.41, 5.74) is 3.33. The van der Waals surface area contributed by atoms with Crippen LogP contribution in [0.25, 0.3) is 22.6 Å². The van der Waals surface area contributed by atoms with Gasteiger partial charge in [-0.1, -0.05) is 0 Å². The van der Waals surface area contributed by atoms with Crippen LogP contribution >= 0.6 is 0 Å². The molecule has 28 heavy (non-hydrogen) atoms. The van der Waals surface area contributed by atoms with Crippen LogP contribution in [0, 0.1) is 0 Å². The van der Waals surface area contributed by atoms with E-state index < -0.39 is 0 Å². The summed E-state index contributed by atoms with van der Waals surface area (Å²) in [6, 6.07) is 19.8. The van der Waals surface area contributed by atoms with Gasteiger partial charge in [-0.15, -0.1) is 0 Å². The van der Waals surface area contributed by atoms with Crippen LogP contribution in [-0.4, -0.2) is 25.1 Å². The van der Waals surface area contributed by atoms with Crippen LogP contribution in [0.1, 0.15) is 10.4 Å². The molecule has 0 aliphatic rings. The summed E-state index contributed by atoms with van der Waals surface area (Å²) in [6.07, 6.45) is 0. The van der Waals surface area contributed by atoms with Gasteiger partial charge in [-0.2, -0.15) is 0 Å². The lowest BCUT2D eigenvalue weighted by atomic mass is 10.2. The molecule has 0 radical (unpaired) electrons. The number of nitrogens with zero attached hydrogens (tertiary/aromatic N) is 1. The number of carbonyl (C=O) groups is 1. The molecule has 0 saturated carbocycles. The minimum atomic E-state index is -0.211. The van der Waals surface area contributed by atoms with Gasteiger partial charge in [0.05, 0.1) is 14.2 Å². The number of carbonyl (C=O) groups excluding carboxylic acids is 1. The maximum Gasteiger partial charge on any atom is 0.255 e. The van der Waals surface area contributed by atoms with E-state index in [4.69, 9.17) is 13.9 Å². The van der Waals surface area contributed by atoms with Crippen LogP contribution < -0.4 is 14.8 Å². The second kappa shape index (κ2) is 7.44. The molecule has 0 saturated heterocycles. The van der Waals surface area contributed by atoms with Crippen molar-refractivity contribution in [2.75, 3.05) is 19.5 Å². The zero-order valence-electron chi connectivity index (χ0n) is 15.4. The zero-order valence-corrected chi connectivity index (χ0v) is 15.4. The number of nitrogens with one attached hydrogen (secondary N) is 1. The van der Waals surface area contributed by atoms with Crippen LogP contribution in [0.15, 0.2) is 71.1 Å². The molecule has 1 amide bonds. The Balaban J connectivity index is 1.56. The average Bonchev–Trinajstić information content (AvgIpc) is 3.17. The molecule has 6 nitrogen and oxygen atoms in total. The topological polar surface area (TPSA) is 73.6 Å². The molecule has 1 heterocycles. The standard InChI is InChI=1S/C22H18N2O4/c1-26-17-8-3-14(4-9-17)21(25)23-16-7-12-19-20(13-16)28-22(24-19)15-5-10-18(27-2)11-6-15/h3-13H,1-2H3,(H,23,25). The van der Waals surface area contributed by atoms with Gasteiger partial charge in [0.2, 0.25) is 5.89 Å². The largest absolute Gasteiger partial charge is 0.497 e. The number of rotatable bonds is 5. The lowest BCUT2D eigenvalue weighted by Crippen LogP contribution is -2.11. The smallest absolute Gasteiger partial charge is 0.255 e. The second-order valence-corrected chi connectivity index (χ2v) is 6.11. The molecule has 140 valence electrons. The van der Waals surface area contributed by atoms with Crippen molar-refractivity contribution >= 4 is 22.7 Å². The minimum absolute atomic E-state index is 0.211. The van der Waals surface area contributed by atoms with E-state index in [1.807, 2.05) is 30.3 Å². The molecule has 0 bridgehead atoms. The van der Waals surface area contributed by atoms with Gasteiger partial charge in [-0.05, 0) is 60.7 Å². The van der Waals surface area contributed by atoms with Crippen molar-refractivity contribution in [3.8, 4) is 23.0 Å². The van der Waals surface area contributed by atoms with Crippen molar-refractivity contribution in [2.45, 2.75) is 0 Å². The van der Waals surface area contributed by atoms with Crippen LogP contribution in [0.2, 0.25) is 0 Å². The Labute approximate surface area is 161 Å². The summed E-state index contributed by atoms with van der Waals surface area (Å²) in [5, 5.41) is 2.87. The molecule has 0 aliphatic heterocycles. The Bertz CT molecular complexity index is 1120. The highest BCUT2D eigenvalue weighted by Gasteiger charge is 2.11. The van der Waals surface area contributed by atoms with Gasteiger partial charge in [-0.25, -0.2) is 4.98 Å². The van der Waals surface area contributed by atoms with Crippen molar-refractivity contribution in [3.63, 3.8) is 0 Å². The van der Waals surface area contributed by atoms with Crippen molar-refractivity contribution in [1.29, 1.82) is 0 Å². The van der Waals surface area contributed by atoms with Gasteiger partial charge in [-0.3, -0.25) is 4.79 Å². The number of anilines is 1. The molecule has 3 aromatic carbocycles. The Kier molecular flexibility index (Phi) is 4.68. The predicted molar refractivity (Wildman–Crippen MR) is 107 cm³/mol. The maximum absolute atomic E-state index is 12.4. The van der Waals surface area contributed by atoms with E-state index in [1.54, 1.807) is 50.6 Å². The van der Waals surface area contributed by atoms with Crippen LogP contribution in [-0.2, 0) is 0 Å². The highest BCUT2D eigenvalue weighted by atomic mass is 16.5. The number of fused-ring (bicyclic) bond motifs is 1. The first-order valence-corrected chi connectivity index (χ1v) is 8.67. The second-order valence-electron chi connectivity index (χ2n) is 6.11. The first kappa shape index (κ1) is 17.6. The van der Waals surface area contributed by atoms with Crippen LogP contribution in [0.5, 0.6) is 11.5 Å². The number of amides is 1. The summed E-state index contributed by atoms with van der Waals surface area (Å²) in [6.45, 7) is 0. The molecule has 4 rings (SSSR count). The first-order valence-electron chi connectivity index (χ1n) is 8.67. The Morgan fingerprint density at radius 1 is 0.893 bits per heavy atom. The van der Waals surface area contributed by atoms with Gasteiger partial charge in [0.1, 0.15) is 17.0 Å². The molecule has 4 aromatic rings. The monoisotopic (exact) mass is 374 g/mol. The van der Waals surface area contributed by atoms with E-state index in [0.717, 1.165) is 11.3 Å². The molecule has 1 aromatic heterocycles. The Morgan fingerprint density at radius 2 is 1.54 bits per heavy atom. The van der Waals surface area contributed by atoms with Gasteiger partial charge in [0.15, 0.2) is 5.58 Å².